The predicted octanol–water partition coefficient (Wildman–Crippen LogP) is 5.25. The number of hydrogen-bond acceptors (Lipinski definition) is 4. The van der Waals surface area contributed by atoms with Crippen molar-refractivity contribution < 1.29 is 9.47 Å². The zero-order chi connectivity index (χ0) is 18.6. The lowest BCUT2D eigenvalue weighted by atomic mass is 10.2. The first-order chi connectivity index (χ1) is 13.2. The van der Waals surface area contributed by atoms with Gasteiger partial charge in [-0.15, -0.1) is 0 Å². The summed E-state index contributed by atoms with van der Waals surface area (Å²) < 4.78 is 11.9. The Hall–Kier alpha value is -3.14. The maximum Gasteiger partial charge on any atom is 0.145 e. The molecule has 0 atom stereocenters. The number of ether oxygens (including phenoxy) is 2. The monoisotopic (exact) mass is 358 g/mol. The normalized spacial score (nSPS) is 11.0. The molecule has 27 heavy (non-hydrogen) atoms. The third-order valence-corrected chi connectivity index (χ3v) is 4.45. The van der Waals surface area contributed by atoms with Gasteiger partial charge >= 0.3 is 0 Å². The van der Waals surface area contributed by atoms with E-state index in [0.717, 1.165) is 51.1 Å². The van der Waals surface area contributed by atoms with Gasteiger partial charge in [-0.25, -0.2) is 9.97 Å². The van der Waals surface area contributed by atoms with E-state index in [2.05, 4.69) is 22.1 Å². The molecule has 0 aliphatic carbocycles. The second-order valence-corrected chi connectivity index (χ2v) is 6.61. The Kier molecular flexibility index (Phi) is 4.88. The lowest BCUT2D eigenvalue weighted by molar-refractivity contribution is 0.250. The molecule has 0 spiro atoms. The van der Waals surface area contributed by atoms with Crippen LogP contribution in [-0.2, 0) is 0 Å². The molecule has 0 bridgehead atoms. The number of pyridine rings is 2. The van der Waals surface area contributed by atoms with Gasteiger partial charge in [0.2, 0.25) is 0 Å². The minimum atomic E-state index is 0.575. The quantitative estimate of drug-likeness (QED) is 0.442. The van der Waals surface area contributed by atoms with Crippen molar-refractivity contribution in [3.63, 3.8) is 0 Å². The van der Waals surface area contributed by atoms with Crippen LogP contribution in [0.25, 0.3) is 21.8 Å². The standard InChI is InChI=1S/C23H22N2O2/c1-16-10-12-18-6-3-8-20(22(18)24-16)26-14-5-15-27-21-9-4-7-19-13-11-17(2)25-23(19)21/h3-4,6-13H,5,14-15H2,1-2H3. The second-order valence-electron chi connectivity index (χ2n) is 6.61. The van der Waals surface area contributed by atoms with Gasteiger partial charge in [0.15, 0.2) is 0 Å². The first-order valence-corrected chi connectivity index (χ1v) is 9.19. The largest absolute Gasteiger partial charge is 0.491 e. The van der Waals surface area contributed by atoms with Gasteiger partial charge in [0.1, 0.15) is 22.5 Å². The molecule has 4 rings (SSSR count). The van der Waals surface area contributed by atoms with Crippen molar-refractivity contribution in [3.8, 4) is 11.5 Å². The maximum atomic E-state index is 5.96. The number of hydrogen-bond donors (Lipinski definition) is 0. The first-order valence-electron chi connectivity index (χ1n) is 9.19. The van der Waals surface area contributed by atoms with Crippen LogP contribution in [0, 0.1) is 13.8 Å². The maximum absolute atomic E-state index is 5.96. The Labute approximate surface area is 158 Å². The average molecular weight is 358 g/mol. The zero-order valence-electron chi connectivity index (χ0n) is 15.6. The van der Waals surface area contributed by atoms with E-state index in [-0.39, 0.29) is 0 Å². The fourth-order valence-electron chi connectivity index (χ4n) is 3.09. The second kappa shape index (κ2) is 7.62. The third kappa shape index (κ3) is 3.85. The summed E-state index contributed by atoms with van der Waals surface area (Å²) in [7, 11) is 0. The van der Waals surface area contributed by atoms with E-state index in [1.54, 1.807) is 0 Å². The number of rotatable bonds is 6. The Bertz CT molecular complexity index is 1000. The summed E-state index contributed by atoms with van der Waals surface area (Å²) in [6.07, 6.45) is 0.782. The molecule has 2 heterocycles. The van der Waals surface area contributed by atoms with E-state index < -0.39 is 0 Å². The molecule has 0 amide bonds. The molecule has 4 aromatic rings. The van der Waals surface area contributed by atoms with Crippen LogP contribution in [0.5, 0.6) is 11.5 Å². The van der Waals surface area contributed by atoms with E-state index in [0.29, 0.717) is 13.2 Å². The van der Waals surface area contributed by atoms with Crippen molar-refractivity contribution >= 4 is 21.8 Å². The number of aromatic nitrogens is 2. The van der Waals surface area contributed by atoms with Crippen LogP contribution < -0.4 is 9.47 Å². The summed E-state index contributed by atoms with van der Waals surface area (Å²) in [5, 5.41) is 2.18. The minimum absolute atomic E-state index is 0.575. The van der Waals surface area contributed by atoms with Crippen LogP contribution in [0.15, 0.2) is 60.7 Å². The summed E-state index contributed by atoms with van der Waals surface area (Å²) in [6, 6.07) is 20.2. The van der Waals surface area contributed by atoms with Gasteiger partial charge in [-0.1, -0.05) is 36.4 Å². The molecular weight excluding hydrogens is 336 g/mol. The fraction of sp³-hybridized carbons (Fsp3) is 0.217. The molecule has 136 valence electrons. The molecule has 0 fully saturated rings. The molecule has 0 radical (unpaired) electrons. The molecule has 2 aromatic carbocycles. The van der Waals surface area contributed by atoms with Gasteiger partial charge in [-0.3, -0.25) is 0 Å². The Morgan fingerprint density at radius 2 is 1.11 bits per heavy atom. The highest BCUT2D eigenvalue weighted by atomic mass is 16.5. The molecular formula is C23H22N2O2. The van der Waals surface area contributed by atoms with Crippen molar-refractivity contribution in [3.05, 3.63) is 72.1 Å². The summed E-state index contributed by atoms with van der Waals surface area (Å²) in [5.74, 6) is 1.64. The van der Waals surface area contributed by atoms with Gasteiger partial charge in [-0.2, -0.15) is 0 Å². The molecule has 0 saturated heterocycles. The molecule has 0 N–H and O–H groups in total. The number of fused-ring (bicyclic) bond motifs is 2. The van der Waals surface area contributed by atoms with Gasteiger partial charge in [0.25, 0.3) is 0 Å². The summed E-state index contributed by atoms with van der Waals surface area (Å²) in [6.45, 7) is 5.13. The molecule has 0 unspecified atom stereocenters. The number of benzene rings is 2. The van der Waals surface area contributed by atoms with Crippen molar-refractivity contribution in [2.24, 2.45) is 0 Å². The lowest BCUT2D eigenvalue weighted by Crippen LogP contribution is -2.06. The van der Waals surface area contributed by atoms with E-state index >= 15 is 0 Å². The highest BCUT2D eigenvalue weighted by molar-refractivity contribution is 5.85. The molecule has 2 aromatic heterocycles. The van der Waals surface area contributed by atoms with Crippen molar-refractivity contribution in [2.75, 3.05) is 13.2 Å². The van der Waals surface area contributed by atoms with Crippen molar-refractivity contribution in [1.82, 2.24) is 9.97 Å². The number of para-hydroxylation sites is 2. The molecule has 0 aliphatic heterocycles. The van der Waals surface area contributed by atoms with Gasteiger partial charge in [0, 0.05) is 28.6 Å². The van der Waals surface area contributed by atoms with Crippen LogP contribution in [0.1, 0.15) is 17.8 Å². The van der Waals surface area contributed by atoms with Crippen LogP contribution in [0.4, 0.5) is 0 Å². The van der Waals surface area contributed by atoms with Gasteiger partial charge in [0.05, 0.1) is 13.2 Å². The van der Waals surface area contributed by atoms with E-state index in [9.17, 15) is 0 Å². The van der Waals surface area contributed by atoms with E-state index in [1.165, 1.54) is 0 Å². The van der Waals surface area contributed by atoms with Crippen molar-refractivity contribution in [2.45, 2.75) is 20.3 Å². The van der Waals surface area contributed by atoms with Crippen LogP contribution in [0.3, 0.4) is 0 Å². The van der Waals surface area contributed by atoms with Crippen LogP contribution in [-0.4, -0.2) is 23.2 Å². The summed E-state index contributed by atoms with van der Waals surface area (Å²) >= 11 is 0. The minimum Gasteiger partial charge on any atom is -0.491 e. The highest BCUT2D eigenvalue weighted by Crippen LogP contribution is 2.25. The number of aryl methyl sites for hydroxylation is 2. The predicted molar refractivity (Wildman–Crippen MR) is 109 cm³/mol. The summed E-state index contributed by atoms with van der Waals surface area (Å²) in [4.78, 5) is 9.20. The van der Waals surface area contributed by atoms with Crippen molar-refractivity contribution in [1.29, 1.82) is 0 Å². The molecule has 4 nitrogen and oxygen atoms in total. The van der Waals surface area contributed by atoms with E-state index in [4.69, 9.17) is 9.47 Å². The van der Waals surface area contributed by atoms with Crippen LogP contribution in [0.2, 0.25) is 0 Å². The van der Waals surface area contributed by atoms with Crippen LogP contribution >= 0.6 is 0 Å². The van der Waals surface area contributed by atoms with E-state index in [1.807, 2.05) is 62.4 Å². The first kappa shape index (κ1) is 17.3. The van der Waals surface area contributed by atoms with Gasteiger partial charge in [-0.05, 0) is 38.1 Å². The lowest BCUT2D eigenvalue weighted by Gasteiger charge is -2.11. The van der Waals surface area contributed by atoms with Gasteiger partial charge < -0.3 is 9.47 Å². The Balaban J connectivity index is 1.38. The number of nitrogens with zero attached hydrogens (tertiary/aromatic N) is 2. The SMILES string of the molecule is Cc1ccc2cccc(OCCCOc3cccc4ccc(C)nc34)c2n1. The highest BCUT2D eigenvalue weighted by Gasteiger charge is 2.06. The topological polar surface area (TPSA) is 44.2 Å². The molecule has 4 heteroatoms. The smallest absolute Gasteiger partial charge is 0.145 e. The Morgan fingerprint density at radius 1 is 0.630 bits per heavy atom. The fourth-order valence-corrected chi connectivity index (χ4v) is 3.09. The average Bonchev–Trinajstić information content (AvgIpc) is 2.68. The third-order valence-electron chi connectivity index (χ3n) is 4.45. The molecule has 0 saturated carbocycles. The zero-order valence-corrected chi connectivity index (χ0v) is 15.6. The molecule has 0 aliphatic rings. The summed E-state index contributed by atoms with van der Waals surface area (Å²) in [5.41, 5.74) is 3.79. The Morgan fingerprint density at radius 3 is 1.59 bits per heavy atom.